The molecule has 0 aliphatic carbocycles. The molecule has 14 heavy (non-hydrogen) atoms. The molecule has 0 fully saturated rings. The first kappa shape index (κ1) is 13.1. The summed E-state index contributed by atoms with van der Waals surface area (Å²) in [6.45, 7) is 5.84. The Balaban J connectivity index is 3.68. The fourth-order valence-electron chi connectivity index (χ4n) is 1.19. The number of hydrogen-bond donors (Lipinski definition) is 1. The zero-order valence-electron chi connectivity index (χ0n) is 9.25. The maximum Gasteiger partial charge on any atom is 0.303 e. The molecule has 0 aromatic heterocycles. The number of aldehydes is 1. The second-order valence-electron chi connectivity index (χ2n) is 4.68. The number of aliphatic carboxylic acids is 1. The minimum absolute atomic E-state index is 0.225. The second kappa shape index (κ2) is 5.78. The van der Waals surface area contributed by atoms with E-state index in [9.17, 15) is 9.59 Å². The molecule has 3 heteroatoms. The summed E-state index contributed by atoms with van der Waals surface area (Å²) >= 11 is 0. The topological polar surface area (TPSA) is 54.4 Å². The van der Waals surface area contributed by atoms with Gasteiger partial charge in [-0.3, -0.25) is 4.79 Å². The van der Waals surface area contributed by atoms with Crippen molar-refractivity contribution in [3.63, 3.8) is 0 Å². The Morgan fingerprint density at radius 1 is 1.43 bits per heavy atom. The first-order valence-corrected chi connectivity index (χ1v) is 5.05. The third-order valence-electron chi connectivity index (χ3n) is 2.45. The Morgan fingerprint density at radius 2 is 2.00 bits per heavy atom. The Hall–Kier alpha value is -0.860. The number of carboxylic acid groups (broad SMARTS) is 1. The quantitative estimate of drug-likeness (QED) is 0.642. The van der Waals surface area contributed by atoms with Gasteiger partial charge in [-0.1, -0.05) is 20.8 Å². The highest BCUT2D eigenvalue weighted by Gasteiger charge is 2.17. The molecule has 0 spiro atoms. The van der Waals surface area contributed by atoms with Gasteiger partial charge in [0.25, 0.3) is 0 Å². The van der Waals surface area contributed by atoms with Crippen LogP contribution in [0.25, 0.3) is 0 Å². The lowest BCUT2D eigenvalue weighted by Crippen LogP contribution is -2.14. The number of hydrogen-bond acceptors (Lipinski definition) is 2. The van der Waals surface area contributed by atoms with Crippen LogP contribution in [0.5, 0.6) is 0 Å². The van der Waals surface area contributed by atoms with Gasteiger partial charge in [0.05, 0.1) is 0 Å². The first-order valence-electron chi connectivity index (χ1n) is 5.05. The normalized spacial score (nSPS) is 13.6. The molecule has 82 valence electrons. The van der Waals surface area contributed by atoms with E-state index in [1.165, 1.54) is 0 Å². The van der Waals surface area contributed by atoms with Crippen molar-refractivity contribution in [3.05, 3.63) is 0 Å². The van der Waals surface area contributed by atoms with E-state index < -0.39 is 5.97 Å². The standard InChI is InChI=1S/C11H20O3/c1-9(4-5-10(13)14)6-7-11(2,3)8-12/h8-9H,4-7H2,1-3H3,(H,13,14). The lowest BCUT2D eigenvalue weighted by Gasteiger charge is -2.19. The van der Waals surface area contributed by atoms with Gasteiger partial charge in [0.1, 0.15) is 6.29 Å². The summed E-state index contributed by atoms with van der Waals surface area (Å²) in [5.74, 6) is -0.364. The molecule has 1 N–H and O–H groups in total. The predicted molar refractivity (Wildman–Crippen MR) is 55.1 cm³/mol. The monoisotopic (exact) mass is 200 g/mol. The molecule has 0 bridgehead atoms. The highest BCUT2D eigenvalue weighted by Crippen LogP contribution is 2.23. The Bertz CT molecular complexity index is 197. The summed E-state index contributed by atoms with van der Waals surface area (Å²) in [5, 5.41) is 8.48. The van der Waals surface area contributed by atoms with Gasteiger partial charge in [-0.25, -0.2) is 0 Å². The van der Waals surface area contributed by atoms with Crippen molar-refractivity contribution in [1.29, 1.82) is 0 Å². The Kier molecular flexibility index (Phi) is 5.43. The summed E-state index contributed by atoms with van der Waals surface area (Å²) < 4.78 is 0. The van der Waals surface area contributed by atoms with E-state index in [1.54, 1.807) is 0 Å². The van der Waals surface area contributed by atoms with Gasteiger partial charge >= 0.3 is 5.97 Å². The minimum Gasteiger partial charge on any atom is -0.481 e. The maximum absolute atomic E-state index is 10.6. The van der Waals surface area contributed by atoms with Gasteiger partial charge in [0.2, 0.25) is 0 Å². The SMILES string of the molecule is CC(CCC(=O)O)CCC(C)(C)C=O. The molecule has 0 aliphatic rings. The van der Waals surface area contributed by atoms with Crippen LogP contribution in [0.1, 0.15) is 46.5 Å². The highest BCUT2D eigenvalue weighted by atomic mass is 16.4. The Morgan fingerprint density at radius 3 is 2.43 bits per heavy atom. The van der Waals surface area contributed by atoms with E-state index in [2.05, 4.69) is 0 Å². The van der Waals surface area contributed by atoms with Crippen LogP contribution in [0.3, 0.4) is 0 Å². The van der Waals surface area contributed by atoms with E-state index in [0.29, 0.717) is 12.3 Å². The Labute approximate surface area is 85.5 Å². The molecule has 0 rings (SSSR count). The summed E-state index contributed by atoms with van der Waals surface area (Å²) in [7, 11) is 0. The average Bonchev–Trinajstić information content (AvgIpc) is 2.11. The summed E-state index contributed by atoms with van der Waals surface area (Å²) in [5.41, 5.74) is -0.266. The van der Waals surface area contributed by atoms with Gasteiger partial charge in [-0.2, -0.15) is 0 Å². The predicted octanol–water partition coefficient (Wildman–Crippen LogP) is 2.49. The molecule has 1 atom stereocenters. The van der Waals surface area contributed by atoms with Crippen LogP contribution in [0.2, 0.25) is 0 Å². The number of carbonyl (C=O) groups is 2. The summed E-state index contributed by atoms with van der Waals surface area (Å²) in [4.78, 5) is 20.9. The largest absolute Gasteiger partial charge is 0.481 e. The van der Waals surface area contributed by atoms with Crippen molar-refractivity contribution in [2.75, 3.05) is 0 Å². The molecule has 0 aromatic rings. The van der Waals surface area contributed by atoms with Gasteiger partial charge in [-0.05, 0) is 25.2 Å². The van der Waals surface area contributed by atoms with Crippen molar-refractivity contribution < 1.29 is 14.7 Å². The molecule has 3 nitrogen and oxygen atoms in total. The van der Waals surface area contributed by atoms with Gasteiger partial charge in [0, 0.05) is 11.8 Å². The van der Waals surface area contributed by atoms with Crippen molar-refractivity contribution in [3.8, 4) is 0 Å². The van der Waals surface area contributed by atoms with Crippen molar-refractivity contribution >= 4 is 12.3 Å². The first-order chi connectivity index (χ1) is 6.37. The summed E-state index contributed by atoms with van der Waals surface area (Å²) in [6, 6.07) is 0. The maximum atomic E-state index is 10.6. The van der Waals surface area contributed by atoms with E-state index in [-0.39, 0.29) is 11.8 Å². The minimum atomic E-state index is -0.744. The van der Waals surface area contributed by atoms with Gasteiger partial charge < -0.3 is 9.90 Å². The molecule has 1 unspecified atom stereocenters. The van der Waals surface area contributed by atoms with Crippen LogP contribution in [0, 0.1) is 11.3 Å². The molecule has 0 amide bonds. The molecule has 0 heterocycles. The smallest absolute Gasteiger partial charge is 0.303 e. The van der Waals surface area contributed by atoms with E-state index in [0.717, 1.165) is 19.1 Å². The summed E-state index contributed by atoms with van der Waals surface area (Å²) in [6.07, 6.45) is 3.64. The van der Waals surface area contributed by atoms with Gasteiger partial charge in [0.15, 0.2) is 0 Å². The van der Waals surface area contributed by atoms with Crippen LogP contribution < -0.4 is 0 Å². The van der Waals surface area contributed by atoms with Crippen LogP contribution >= 0.6 is 0 Å². The zero-order chi connectivity index (χ0) is 11.2. The third kappa shape index (κ3) is 6.63. The van der Waals surface area contributed by atoms with Crippen molar-refractivity contribution in [2.45, 2.75) is 46.5 Å². The molecule has 0 saturated carbocycles. The molecular formula is C11H20O3. The van der Waals surface area contributed by atoms with Gasteiger partial charge in [-0.15, -0.1) is 0 Å². The van der Waals surface area contributed by atoms with Crippen LogP contribution in [0.15, 0.2) is 0 Å². The average molecular weight is 200 g/mol. The second-order valence-corrected chi connectivity index (χ2v) is 4.68. The fourth-order valence-corrected chi connectivity index (χ4v) is 1.19. The van der Waals surface area contributed by atoms with Crippen molar-refractivity contribution in [2.24, 2.45) is 11.3 Å². The lowest BCUT2D eigenvalue weighted by molar-refractivity contribution is -0.137. The molecular weight excluding hydrogens is 180 g/mol. The molecule has 0 saturated heterocycles. The molecule has 0 aliphatic heterocycles. The van der Waals surface area contributed by atoms with E-state index >= 15 is 0 Å². The molecule has 0 radical (unpaired) electrons. The van der Waals surface area contributed by atoms with E-state index in [4.69, 9.17) is 5.11 Å². The number of carbonyl (C=O) groups excluding carboxylic acids is 1. The highest BCUT2D eigenvalue weighted by molar-refractivity contribution is 5.66. The third-order valence-corrected chi connectivity index (χ3v) is 2.45. The number of rotatable bonds is 7. The van der Waals surface area contributed by atoms with Crippen LogP contribution in [-0.4, -0.2) is 17.4 Å². The fraction of sp³-hybridized carbons (Fsp3) is 0.818. The lowest BCUT2D eigenvalue weighted by atomic mass is 9.85. The zero-order valence-corrected chi connectivity index (χ0v) is 9.25. The van der Waals surface area contributed by atoms with Crippen LogP contribution in [0.4, 0.5) is 0 Å². The van der Waals surface area contributed by atoms with E-state index in [1.807, 2.05) is 20.8 Å². The molecule has 0 aromatic carbocycles. The number of carboxylic acids is 1. The van der Waals surface area contributed by atoms with Crippen molar-refractivity contribution in [1.82, 2.24) is 0 Å². The van der Waals surface area contributed by atoms with Crippen LogP contribution in [-0.2, 0) is 9.59 Å².